The predicted molar refractivity (Wildman–Crippen MR) is 136 cm³/mol. The summed E-state index contributed by atoms with van der Waals surface area (Å²) < 4.78 is 17.9. The van der Waals surface area contributed by atoms with Crippen molar-refractivity contribution in [2.75, 3.05) is 0 Å². The molecular weight excluding hydrogens is 454 g/mol. The summed E-state index contributed by atoms with van der Waals surface area (Å²) in [5.41, 5.74) is 2.89. The molecule has 0 aliphatic heterocycles. The Hall–Kier alpha value is -4.46. The number of aromatic amines is 1. The first kappa shape index (κ1) is 23.3. The third-order valence-corrected chi connectivity index (χ3v) is 5.67. The molecular formula is C28H27N5O3. The van der Waals surface area contributed by atoms with E-state index in [1.165, 1.54) is 0 Å². The molecule has 0 aliphatic carbocycles. The van der Waals surface area contributed by atoms with Gasteiger partial charge in [-0.2, -0.15) is 5.21 Å². The fraction of sp³-hybridized carbons (Fsp3) is 0.214. The van der Waals surface area contributed by atoms with Gasteiger partial charge in [0.2, 0.25) is 0 Å². The van der Waals surface area contributed by atoms with Gasteiger partial charge in [0.25, 0.3) is 0 Å². The van der Waals surface area contributed by atoms with Crippen molar-refractivity contribution in [2.45, 2.75) is 39.1 Å². The summed E-state index contributed by atoms with van der Waals surface area (Å²) in [6.07, 6.45) is 1.53. The van der Waals surface area contributed by atoms with E-state index in [4.69, 9.17) is 14.2 Å². The van der Waals surface area contributed by atoms with E-state index in [1.54, 1.807) is 0 Å². The number of benzene rings is 3. The number of H-pyrrole nitrogens is 1. The zero-order valence-corrected chi connectivity index (χ0v) is 20.0. The molecule has 0 spiro atoms. The molecule has 1 atom stereocenters. The van der Waals surface area contributed by atoms with E-state index in [2.05, 4.69) is 37.7 Å². The average Bonchev–Trinajstić information content (AvgIpc) is 3.44. The van der Waals surface area contributed by atoms with E-state index in [9.17, 15) is 0 Å². The molecule has 5 rings (SSSR count). The Labute approximate surface area is 209 Å². The van der Waals surface area contributed by atoms with E-state index >= 15 is 0 Å². The summed E-state index contributed by atoms with van der Waals surface area (Å²) in [4.78, 5) is 4.65. The van der Waals surface area contributed by atoms with Gasteiger partial charge in [-0.3, -0.25) is 0 Å². The van der Waals surface area contributed by atoms with Crippen molar-refractivity contribution < 1.29 is 14.2 Å². The highest BCUT2D eigenvalue weighted by molar-refractivity contribution is 5.78. The average molecular weight is 482 g/mol. The molecule has 1 unspecified atom stereocenters. The first-order valence-corrected chi connectivity index (χ1v) is 11.9. The molecule has 0 fully saturated rings. The highest BCUT2D eigenvalue weighted by Crippen LogP contribution is 2.22. The second kappa shape index (κ2) is 11.3. The van der Waals surface area contributed by atoms with E-state index in [-0.39, 0.29) is 6.10 Å². The van der Waals surface area contributed by atoms with Crippen molar-refractivity contribution >= 4 is 10.9 Å². The Kier molecular flexibility index (Phi) is 7.32. The topological polar surface area (TPSA) is 95.0 Å². The Bertz CT molecular complexity index is 1390. The molecule has 8 nitrogen and oxygen atoms in total. The van der Waals surface area contributed by atoms with Crippen LogP contribution in [0.5, 0.6) is 17.2 Å². The monoisotopic (exact) mass is 481 g/mol. The Balaban J connectivity index is 1.09. The van der Waals surface area contributed by atoms with Crippen molar-refractivity contribution in [3.05, 3.63) is 102 Å². The minimum absolute atomic E-state index is 0.0250. The second-order valence-electron chi connectivity index (χ2n) is 8.49. The summed E-state index contributed by atoms with van der Waals surface area (Å²) in [6, 6.07) is 27.7. The van der Waals surface area contributed by atoms with Crippen LogP contribution < -0.4 is 14.2 Å². The summed E-state index contributed by atoms with van der Waals surface area (Å²) in [6.45, 7) is 2.88. The Morgan fingerprint density at radius 2 is 1.61 bits per heavy atom. The third-order valence-electron chi connectivity index (χ3n) is 5.67. The van der Waals surface area contributed by atoms with Gasteiger partial charge < -0.3 is 14.2 Å². The van der Waals surface area contributed by atoms with Crippen LogP contribution >= 0.6 is 0 Å². The zero-order chi connectivity index (χ0) is 24.6. The number of tetrazole rings is 1. The summed E-state index contributed by atoms with van der Waals surface area (Å²) in [7, 11) is 0. The van der Waals surface area contributed by atoms with Crippen LogP contribution in [-0.4, -0.2) is 31.7 Å². The molecule has 5 aromatic rings. The number of pyridine rings is 1. The van der Waals surface area contributed by atoms with Gasteiger partial charge >= 0.3 is 0 Å². The number of hydrogen-bond acceptors (Lipinski definition) is 7. The zero-order valence-electron chi connectivity index (χ0n) is 20.0. The smallest absolute Gasteiger partial charge is 0.174 e. The molecule has 36 heavy (non-hydrogen) atoms. The van der Waals surface area contributed by atoms with Gasteiger partial charge in [0, 0.05) is 11.8 Å². The fourth-order valence-electron chi connectivity index (χ4n) is 3.77. The lowest BCUT2D eigenvalue weighted by Gasteiger charge is -2.15. The molecule has 2 heterocycles. The molecule has 8 heteroatoms. The molecule has 0 radical (unpaired) electrons. The number of aromatic nitrogens is 5. The quantitative estimate of drug-likeness (QED) is 0.273. The number of nitrogens with one attached hydrogen (secondary N) is 1. The molecule has 182 valence electrons. The van der Waals surface area contributed by atoms with Crippen LogP contribution in [0.1, 0.15) is 30.4 Å². The van der Waals surface area contributed by atoms with Crippen molar-refractivity contribution in [3.63, 3.8) is 0 Å². The van der Waals surface area contributed by atoms with Gasteiger partial charge in [-0.15, -0.1) is 10.2 Å². The van der Waals surface area contributed by atoms with Crippen LogP contribution in [-0.2, 0) is 19.6 Å². The SMILES string of the molecule is CC(CCc1nn[nH]n1)Oc1cccc(COc2ccc(OCc3ccc4ccccc4n3)cc2)c1. The standard InChI is InChI=1S/C28H27N5O3/c1-20(9-16-28-30-32-33-31-28)36-26-7-4-5-21(17-26)18-34-24-12-14-25(15-13-24)35-19-23-11-10-22-6-2-3-8-27(22)29-23/h2-8,10-15,17,20H,9,16,18-19H2,1H3,(H,30,31,32,33). The molecule has 0 amide bonds. The van der Waals surface area contributed by atoms with Gasteiger partial charge in [-0.25, -0.2) is 4.98 Å². The number of fused-ring (bicyclic) bond motifs is 1. The van der Waals surface area contributed by atoms with Crippen molar-refractivity contribution in [1.29, 1.82) is 0 Å². The molecule has 3 aromatic carbocycles. The third kappa shape index (κ3) is 6.35. The van der Waals surface area contributed by atoms with Crippen LogP contribution in [0.25, 0.3) is 10.9 Å². The summed E-state index contributed by atoms with van der Waals surface area (Å²) in [5, 5.41) is 15.1. The number of aryl methyl sites for hydroxylation is 1. The summed E-state index contributed by atoms with van der Waals surface area (Å²) in [5.74, 6) is 3.03. The predicted octanol–water partition coefficient (Wildman–Crippen LogP) is 5.31. The van der Waals surface area contributed by atoms with Gasteiger partial charge in [0.05, 0.1) is 17.3 Å². The van der Waals surface area contributed by atoms with Crippen molar-refractivity contribution in [1.82, 2.24) is 25.6 Å². The maximum absolute atomic E-state index is 6.04. The first-order valence-electron chi connectivity index (χ1n) is 11.9. The Morgan fingerprint density at radius 1 is 0.806 bits per heavy atom. The van der Waals surface area contributed by atoms with Gasteiger partial charge in [0.1, 0.15) is 30.5 Å². The number of rotatable bonds is 11. The van der Waals surface area contributed by atoms with E-state index in [0.29, 0.717) is 25.5 Å². The highest BCUT2D eigenvalue weighted by atomic mass is 16.5. The maximum Gasteiger partial charge on any atom is 0.174 e. The first-order chi connectivity index (χ1) is 17.7. The Morgan fingerprint density at radius 3 is 2.42 bits per heavy atom. The van der Waals surface area contributed by atoms with Gasteiger partial charge in [0.15, 0.2) is 5.82 Å². The van der Waals surface area contributed by atoms with Gasteiger partial charge in [-0.1, -0.05) is 41.6 Å². The molecule has 1 N–H and O–H groups in total. The molecule has 0 bridgehead atoms. The van der Waals surface area contributed by atoms with E-state index < -0.39 is 0 Å². The lowest BCUT2D eigenvalue weighted by Crippen LogP contribution is -2.13. The normalized spacial score (nSPS) is 11.8. The largest absolute Gasteiger partial charge is 0.491 e. The van der Waals surface area contributed by atoms with E-state index in [1.807, 2.05) is 79.7 Å². The van der Waals surface area contributed by atoms with Crippen LogP contribution in [0.2, 0.25) is 0 Å². The lowest BCUT2D eigenvalue weighted by molar-refractivity contribution is 0.209. The lowest BCUT2D eigenvalue weighted by atomic mass is 10.2. The van der Waals surface area contributed by atoms with Crippen LogP contribution in [0.15, 0.2) is 84.9 Å². The number of nitrogens with zero attached hydrogens (tertiary/aromatic N) is 4. The summed E-state index contributed by atoms with van der Waals surface area (Å²) >= 11 is 0. The maximum atomic E-state index is 6.04. The molecule has 2 aromatic heterocycles. The molecule has 0 aliphatic rings. The highest BCUT2D eigenvalue weighted by Gasteiger charge is 2.08. The molecule has 0 saturated carbocycles. The van der Waals surface area contributed by atoms with Crippen LogP contribution in [0.4, 0.5) is 0 Å². The van der Waals surface area contributed by atoms with Crippen LogP contribution in [0.3, 0.4) is 0 Å². The fourth-order valence-corrected chi connectivity index (χ4v) is 3.77. The van der Waals surface area contributed by atoms with E-state index in [0.717, 1.165) is 45.8 Å². The number of para-hydroxylation sites is 1. The minimum atomic E-state index is 0.0250. The molecule has 0 saturated heterocycles. The second-order valence-corrected chi connectivity index (χ2v) is 8.49. The number of ether oxygens (including phenoxy) is 3. The van der Waals surface area contributed by atoms with Gasteiger partial charge in [-0.05, 0) is 67.4 Å². The van der Waals surface area contributed by atoms with Crippen molar-refractivity contribution in [3.8, 4) is 17.2 Å². The minimum Gasteiger partial charge on any atom is -0.491 e. The van der Waals surface area contributed by atoms with Crippen molar-refractivity contribution in [2.24, 2.45) is 0 Å². The number of hydrogen-bond donors (Lipinski definition) is 1. The van der Waals surface area contributed by atoms with Crippen LogP contribution in [0, 0.1) is 0 Å².